The zero-order valence-corrected chi connectivity index (χ0v) is 14.8. The van der Waals surface area contributed by atoms with E-state index < -0.39 is 11.7 Å². The molecule has 27 heavy (non-hydrogen) atoms. The van der Waals surface area contributed by atoms with E-state index in [1.165, 1.54) is 12.1 Å². The van der Waals surface area contributed by atoms with Crippen LogP contribution < -0.4 is 5.32 Å². The van der Waals surface area contributed by atoms with Gasteiger partial charge in [0, 0.05) is 31.7 Å². The Morgan fingerprint density at radius 3 is 2.67 bits per heavy atom. The second-order valence-electron chi connectivity index (χ2n) is 5.67. The van der Waals surface area contributed by atoms with Crippen molar-refractivity contribution in [2.75, 3.05) is 32.8 Å². The zero-order valence-electron chi connectivity index (χ0n) is 14.8. The number of nitrogens with one attached hydrogen (secondary N) is 1. The van der Waals surface area contributed by atoms with Crippen LogP contribution in [0.2, 0.25) is 0 Å². The number of alkyl halides is 3. The maximum absolute atomic E-state index is 12.7. The number of carbonyl (C=O) groups excluding carboxylic acids is 1. The van der Waals surface area contributed by atoms with Crippen LogP contribution in [0.4, 0.5) is 13.2 Å². The third kappa shape index (κ3) is 6.65. The van der Waals surface area contributed by atoms with E-state index in [4.69, 9.17) is 4.52 Å². The topological polar surface area (TPSA) is 80.5 Å². The summed E-state index contributed by atoms with van der Waals surface area (Å²) in [6.07, 6.45) is -4.39. The van der Waals surface area contributed by atoms with Crippen LogP contribution in [0, 0.1) is 0 Å². The van der Waals surface area contributed by atoms with Gasteiger partial charge < -0.3 is 14.6 Å². The Kier molecular flexibility index (Phi) is 7.74. The van der Waals surface area contributed by atoms with Gasteiger partial charge in [0.15, 0.2) is 5.82 Å². The summed E-state index contributed by atoms with van der Waals surface area (Å²) < 4.78 is 47.4. The maximum Gasteiger partial charge on any atom is 0.416 e. The molecule has 0 radical (unpaired) electrons. The highest BCUT2D eigenvalue weighted by atomic mass is 19.4. The number of rotatable bonds is 5. The fourth-order valence-electron chi connectivity index (χ4n) is 2.40. The lowest BCUT2D eigenvalue weighted by Gasteiger charge is -2.25. The maximum atomic E-state index is 12.7. The van der Waals surface area contributed by atoms with Crippen LogP contribution in [0.15, 0.2) is 28.8 Å². The molecule has 2 aromatic rings. The number of hydrogen-bond donors (Lipinski definition) is 1. The average Bonchev–Trinajstić information content (AvgIpc) is 3.12. The Morgan fingerprint density at radius 2 is 2.07 bits per heavy atom. The van der Waals surface area contributed by atoms with Crippen LogP contribution in [0.25, 0.3) is 11.5 Å². The van der Waals surface area contributed by atoms with E-state index in [2.05, 4.69) is 25.1 Å². The number of carbonyl (C=O) groups is 1. The van der Waals surface area contributed by atoms with E-state index in [-0.39, 0.29) is 11.5 Å². The van der Waals surface area contributed by atoms with Crippen LogP contribution in [-0.2, 0) is 22.3 Å². The van der Waals surface area contributed by atoms with Crippen LogP contribution in [0.5, 0.6) is 0 Å². The number of nitrogens with zero attached hydrogens (tertiary/aromatic N) is 3. The van der Waals surface area contributed by atoms with E-state index in [0.29, 0.717) is 25.4 Å². The van der Waals surface area contributed by atoms with Gasteiger partial charge in [0.2, 0.25) is 0 Å². The fraction of sp³-hybridized carbons (Fsp3) is 0.471. The van der Waals surface area contributed by atoms with Crippen molar-refractivity contribution in [3.8, 4) is 11.5 Å². The van der Waals surface area contributed by atoms with Gasteiger partial charge in [-0.2, -0.15) is 18.2 Å². The lowest BCUT2D eigenvalue weighted by atomic mass is 10.1. The van der Waals surface area contributed by atoms with Gasteiger partial charge in [-0.15, -0.1) is 0 Å². The predicted molar refractivity (Wildman–Crippen MR) is 90.6 cm³/mol. The van der Waals surface area contributed by atoms with Gasteiger partial charge >= 0.3 is 6.18 Å². The summed E-state index contributed by atoms with van der Waals surface area (Å²) in [5, 5.41) is 7.09. The van der Waals surface area contributed by atoms with Crippen molar-refractivity contribution in [2.24, 2.45) is 0 Å². The zero-order chi connectivity index (χ0) is 19.7. The summed E-state index contributed by atoms with van der Waals surface area (Å²) in [7, 11) is 0. The summed E-state index contributed by atoms with van der Waals surface area (Å²) >= 11 is 0. The standard InChI is InChI=1S/C14H15F3N4O.C3H6O2/c15-14(16,17)11-3-1-2-10(8-11)13-19-12(20-22-13)9-21-6-4-18-5-7-21;1-2-5-3-4/h1-3,8,18H,4-7,9H2;3H,2H2,1H3. The molecular weight excluding hydrogens is 365 g/mol. The molecule has 10 heteroatoms. The van der Waals surface area contributed by atoms with Gasteiger partial charge in [0.25, 0.3) is 12.4 Å². The number of halogens is 3. The first-order valence-corrected chi connectivity index (χ1v) is 8.42. The van der Waals surface area contributed by atoms with Crippen LogP contribution in [0.1, 0.15) is 18.3 Å². The lowest BCUT2D eigenvalue weighted by molar-refractivity contribution is -0.137. The molecule has 1 fully saturated rings. The molecule has 1 aliphatic heterocycles. The predicted octanol–water partition coefficient (Wildman–Crippen LogP) is 2.34. The highest BCUT2D eigenvalue weighted by Crippen LogP contribution is 2.31. The molecular formula is C17H21F3N4O3. The summed E-state index contributed by atoms with van der Waals surface area (Å²) in [5.74, 6) is 0.588. The number of benzene rings is 1. The van der Waals surface area contributed by atoms with E-state index in [0.717, 1.165) is 38.3 Å². The van der Waals surface area contributed by atoms with Crippen molar-refractivity contribution >= 4 is 6.47 Å². The molecule has 7 nitrogen and oxygen atoms in total. The van der Waals surface area contributed by atoms with Crippen molar-refractivity contribution in [3.05, 3.63) is 35.7 Å². The molecule has 1 aromatic carbocycles. The highest BCUT2D eigenvalue weighted by molar-refractivity contribution is 5.54. The highest BCUT2D eigenvalue weighted by Gasteiger charge is 2.30. The number of aromatic nitrogens is 2. The molecule has 2 heterocycles. The Bertz CT molecular complexity index is 715. The third-order valence-corrected chi connectivity index (χ3v) is 3.71. The molecule has 148 valence electrons. The molecule has 0 saturated carbocycles. The van der Waals surface area contributed by atoms with Gasteiger partial charge in [-0.3, -0.25) is 9.69 Å². The molecule has 3 rings (SSSR count). The smallest absolute Gasteiger partial charge is 0.416 e. The first-order chi connectivity index (χ1) is 12.9. The van der Waals surface area contributed by atoms with Gasteiger partial charge in [-0.1, -0.05) is 11.2 Å². The Morgan fingerprint density at radius 1 is 1.33 bits per heavy atom. The summed E-state index contributed by atoms with van der Waals surface area (Å²) in [6.45, 7) is 6.76. The first-order valence-electron chi connectivity index (χ1n) is 8.42. The van der Waals surface area contributed by atoms with Crippen LogP contribution in [0.3, 0.4) is 0 Å². The molecule has 0 bridgehead atoms. The summed E-state index contributed by atoms with van der Waals surface area (Å²) in [6, 6.07) is 4.89. The second kappa shape index (κ2) is 10.0. The largest absolute Gasteiger partial charge is 0.468 e. The molecule has 0 spiro atoms. The summed E-state index contributed by atoms with van der Waals surface area (Å²) in [5.41, 5.74) is -0.458. The normalized spacial score (nSPS) is 15.0. The minimum Gasteiger partial charge on any atom is -0.468 e. The third-order valence-electron chi connectivity index (χ3n) is 3.71. The average molecular weight is 386 g/mol. The van der Waals surface area contributed by atoms with Gasteiger partial charge in [0.05, 0.1) is 18.7 Å². The van der Waals surface area contributed by atoms with Gasteiger partial charge in [-0.05, 0) is 25.1 Å². The molecule has 0 unspecified atom stereocenters. The Hall–Kier alpha value is -2.46. The summed E-state index contributed by atoms with van der Waals surface area (Å²) in [4.78, 5) is 15.5. The molecule has 0 atom stereocenters. The van der Waals surface area contributed by atoms with Crippen molar-refractivity contribution in [2.45, 2.75) is 19.6 Å². The molecule has 1 N–H and O–H groups in total. The first kappa shape index (κ1) is 20.8. The Labute approximate surface area is 154 Å². The van der Waals surface area contributed by atoms with Gasteiger partial charge in [-0.25, -0.2) is 0 Å². The van der Waals surface area contributed by atoms with Crippen molar-refractivity contribution < 1.29 is 27.2 Å². The van der Waals surface area contributed by atoms with E-state index >= 15 is 0 Å². The van der Waals surface area contributed by atoms with Crippen LogP contribution >= 0.6 is 0 Å². The quantitative estimate of drug-likeness (QED) is 0.790. The van der Waals surface area contributed by atoms with Crippen LogP contribution in [-0.4, -0.2) is 54.3 Å². The SMILES string of the molecule is CCOC=O.FC(F)(F)c1cccc(-c2nc(CN3CCNCC3)no2)c1. The molecule has 1 saturated heterocycles. The lowest BCUT2D eigenvalue weighted by Crippen LogP contribution is -2.43. The number of piperazine rings is 1. The minimum atomic E-state index is -4.39. The van der Waals surface area contributed by atoms with E-state index in [1.807, 2.05) is 0 Å². The van der Waals surface area contributed by atoms with Gasteiger partial charge in [0.1, 0.15) is 0 Å². The molecule has 0 amide bonds. The second-order valence-corrected chi connectivity index (χ2v) is 5.67. The monoisotopic (exact) mass is 386 g/mol. The van der Waals surface area contributed by atoms with E-state index in [9.17, 15) is 18.0 Å². The number of ether oxygens (including phenoxy) is 1. The van der Waals surface area contributed by atoms with E-state index in [1.54, 1.807) is 6.92 Å². The molecule has 0 aliphatic carbocycles. The number of hydrogen-bond acceptors (Lipinski definition) is 7. The minimum absolute atomic E-state index is 0.108. The molecule has 1 aliphatic rings. The Balaban J connectivity index is 0.000000465. The molecule has 1 aromatic heterocycles. The fourth-order valence-corrected chi connectivity index (χ4v) is 2.40. The van der Waals surface area contributed by atoms with Crippen molar-refractivity contribution in [1.29, 1.82) is 0 Å². The van der Waals surface area contributed by atoms with Crippen molar-refractivity contribution in [3.63, 3.8) is 0 Å². The van der Waals surface area contributed by atoms with Crippen molar-refractivity contribution in [1.82, 2.24) is 20.4 Å².